The predicted molar refractivity (Wildman–Crippen MR) is 141 cm³/mol. The molecule has 2 aromatic heterocycles. The summed E-state index contributed by atoms with van der Waals surface area (Å²) in [6, 6.07) is 38.0. The molecule has 0 spiro atoms. The maximum absolute atomic E-state index is 10.3. The quantitative estimate of drug-likeness (QED) is 0.303. The third-order valence-corrected chi connectivity index (χ3v) is 6.05. The Kier molecular flexibility index (Phi) is 5.24. The fourth-order valence-electron chi connectivity index (χ4n) is 4.32. The van der Waals surface area contributed by atoms with Crippen LogP contribution in [0.15, 0.2) is 121 Å². The van der Waals surface area contributed by atoms with E-state index in [9.17, 15) is 5.11 Å². The number of benzene rings is 4. The maximum atomic E-state index is 10.3. The number of aromatic nitrogens is 3. The molecule has 0 aliphatic heterocycles. The maximum Gasteiger partial charge on any atom is 0.160 e. The van der Waals surface area contributed by atoms with E-state index in [4.69, 9.17) is 9.97 Å². The molecule has 0 aliphatic rings. The summed E-state index contributed by atoms with van der Waals surface area (Å²) in [5, 5.41) is 11.2. The van der Waals surface area contributed by atoms with Crippen LogP contribution in [0.5, 0.6) is 5.75 Å². The Bertz CT molecular complexity index is 1590. The van der Waals surface area contributed by atoms with E-state index in [0.717, 1.165) is 44.6 Å². The molecule has 6 rings (SSSR count). The van der Waals surface area contributed by atoms with Gasteiger partial charge in [0.1, 0.15) is 11.3 Å². The normalized spacial score (nSPS) is 11.0. The van der Waals surface area contributed by atoms with Crippen LogP contribution in [0.1, 0.15) is 0 Å². The van der Waals surface area contributed by atoms with Crippen molar-refractivity contribution in [2.75, 3.05) is 0 Å². The van der Waals surface area contributed by atoms with Crippen molar-refractivity contribution < 1.29 is 5.11 Å². The van der Waals surface area contributed by atoms with Gasteiger partial charge in [0.05, 0.1) is 11.4 Å². The molecule has 2 heterocycles. The summed E-state index contributed by atoms with van der Waals surface area (Å²) in [7, 11) is 0. The molecule has 0 unspecified atom stereocenters. The highest BCUT2D eigenvalue weighted by Crippen LogP contribution is 2.35. The van der Waals surface area contributed by atoms with Gasteiger partial charge < -0.3 is 5.11 Å². The average Bonchev–Trinajstić information content (AvgIpc) is 2.94. The third-order valence-electron chi connectivity index (χ3n) is 6.05. The molecule has 0 saturated heterocycles. The Morgan fingerprint density at radius 3 is 1.94 bits per heavy atom. The van der Waals surface area contributed by atoms with Gasteiger partial charge in [-0.25, -0.2) is 9.97 Å². The van der Waals surface area contributed by atoms with Gasteiger partial charge in [-0.05, 0) is 41.5 Å². The second-order valence-electron chi connectivity index (χ2n) is 8.31. The first-order chi connectivity index (χ1) is 17.3. The highest BCUT2D eigenvalue weighted by atomic mass is 16.3. The summed E-state index contributed by atoms with van der Waals surface area (Å²) in [5.41, 5.74) is 7.35. The number of hydrogen-bond donors (Lipinski definition) is 1. The minimum absolute atomic E-state index is 0.177. The molecular formula is C31H21N3O. The van der Waals surface area contributed by atoms with E-state index in [2.05, 4.69) is 35.3 Å². The minimum atomic E-state index is 0.177. The van der Waals surface area contributed by atoms with Crippen LogP contribution in [0, 0.1) is 0 Å². The molecule has 0 fully saturated rings. The predicted octanol–water partition coefficient (Wildman–Crippen LogP) is 7.40. The van der Waals surface area contributed by atoms with Crippen molar-refractivity contribution in [3.8, 4) is 50.8 Å². The number of phenols is 1. The minimum Gasteiger partial charge on any atom is -0.506 e. The van der Waals surface area contributed by atoms with Gasteiger partial charge in [0.25, 0.3) is 0 Å². The summed E-state index contributed by atoms with van der Waals surface area (Å²) >= 11 is 0. The first kappa shape index (κ1) is 20.8. The van der Waals surface area contributed by atoms with Crippen LogP contribution in [-0.4, -0.2) is 20.1 Å². The lowest BCUT2D eigenvalue weighted by Crippen LogP contribution is -1.96. The number of rotatable bonds is 4. The summed E-state index contributed by atoms with van der Waals surface area (Å²) in [6.45, 7) is 0. The Hall–Kier alpha value is -4.83. The van der Waals surface area contributed by atoms with Crippen molar-refractivity contribution in [2.45, 2.75) is 0 Å². The first-order valence-electron chi connectivity index (χ1n) is 11.4. The van der Waals surface area contributed by atoms with Gasteiger partial charge in [-0.1, -0.05) is 84.9 Å². The first-order valence-corrected chi connectivity index (χ1v) is 11.4. The van der Waals surface area contributed by atoms with E-state index in [1.807, 2.05) is 78.9 Å². The van der Waals surface area contributed by atoms with Crippen molar-refractivity contribution in [1.82, 2.24) is 15.0 Å². The van der Waals surface area contributed by atoms with Crippen LogP contribution < -0.4 is 0 Å². The molecule has 6 aromatic rings. The van der Waals surface area contributed by atoms with Gasteiger partial charge in [-0.15, -0.1) is 0 Å². The molecule has 1 N–H and O–H groups in total. The second-order valence-corrected chi connectivity index (χ2v) is 8.31. The lowest BCUT2D eigenvalue weighted by atomic mass is 9.97. The monoisotopic (exact) mass is 451 g/mol. The van der Waals surface area contributed by atoms with Gasteiger partial charge in [-0.2, -0.15) is 0 Å². The number of nitrogens with zero attached hydrogens (tertiary/aromatic N) is 3. The zero-order valence-corrected chi connectivity index (χ0v) is 18.8. The van der Waals surface area contributed by atoms with Gasteiger partial charge >= 0.3 is 0 Å². The van der Waals surface area contributed by atoms with Gasteiger partial charge in [0, 0.05) is 28.3 Å². The molecule has 4 heteroatoms. The van der Waals surface area contributed by atoms with Crippen LogP contribution in [0.2, 0.25) is 0 Å². The number of phenolic OH excluding ortho intramolecular Hbond substituents is 1. The molecule has 4 aromatic carbocycles. The van der Waals surface area contributed by atoms with E-state index in [1.54, 1.807) is 12.3 Å². The van der Waals surface area contributed by atoms with Crippen molar-refractivity contribution in [3.63, 3.8) is 0 Å². The smallest absolute Gasteiger partial charge is 0.160 e. The highest BCUT2D eigenvalue weighted by molar-refractivity contribution is 5.98. The van der Waals surface area contributed by atoms with E-state index in [0.29, 0.717) is 11.3 Å². The van der Waals surface area contributed by atoms with Crippen molar-refractivity contribution in [2.24, 2.45) is 0 Å². The number of fused-ring (bicyclic) bond motifs is 1. The van der Waals surface area contributed by atoms with Crippen molar-refractivity contribution in [1.29, 1.82) is 0 Å². The third kappa shape index (κ3) is 4.02. The molecule has 4 nitrogen and oxygen atoms in total. The molecule has 0 bridgehead atoms. The summed E-state index contributed by atoms with van der Waals surface area (Å²) in [5.74, 6) is 0.864. The van der Waals surface area contributed by atoms with E-state index in [1.165, 1.54) is 0 Å². The number of hydrogen-bond acceptors (Lipinski definition) is 4. The Labute approximate surface area is 203 Å². The van der Waals surface area contributed by atoms with Crippen molar-refractivity contribution >= 4 is 10.9 Å². The number of pyridine rings is 1. The molecular weight excluding hydrogens is 430 g/mol. The Morgan fingerprint density at radius 1 is 0.514 bits per heavy atom. The van der Waals surface area contributed by atoms with Crippen LogP contribution in [0.25, 0.3) is 55.9 Å². The summed E-state index contributed by atoms with van der Waals surface area (Å²) < 4.78 is 0. The van der Waals surface area contributed by atoms with Crippen LogP contribution >= 0.6 is 0 Å². The lowest BCUT2D eigenvalue weighted by Gasteiger charge is -2.12. The van der Waals surface area contributed by atoms with E-state index in [-0.39, 0.29) is 5.75 Å². The molecule has 0 atom stereocenters. The topological polar surface area (TPSA) is 58.9 Å². The highest BCUT2D eigenvalue weighted by Gasteiger charge is 2.13. The largest absolute Gasteiger partial charge is 0.506 e. The average molecular weight is 452 g/mol. The van der Waals surface area contributed by atoms with E-state index >= 15 is 0 Å². The van der Waals surface area contributed by atoms with Crippen LogP contribution in [0.4, 0.5) is 0 Å². The zero-order chi connectivity index (χ0) is 23.6. The fourth-order valence-corrected chi connectivity index (χ4v) is 4.32. The van der Waals surface area contributed by atoms with Gasteiger partial charge in [0.15, 0.2) is 5.82 Å². The lowest BCUT2D eigenvalue weighted by molar-refractivity contribution is 0.480. The zero-order valence-electron chi connectivity index (χ0n) is 18.8. The molecule has 0 aliphatic carbocycles. The second kappa shape index (κ2) is 8.84. The van der Waals surface area contributed by atoms with Crippen LogP contribution in [-0.2, 0) is 0 Å². The van der Waals surface area contributed by atoms with Gasteiger partial charge in [-0.3, -0.25) is 4.98 Å². The van der Waals surface area contributed by atoms with Gasteiger partial charge in [0.2, 0.25) is 0 Å². The summed E-state index contributed by atoms with van der Waals surface area (Å²) in [4.78, 5) is 14.2. The SMILES string of the molecule is Oc1ccc(-c2cccc(-c3cc(-c4ccccc4)nc(-c4ccccc4)n3)c2)c2cccnc12. The van der Waals surface area contributed by atoms with Crippen molar-refractivity contribution in [3.05, 3.63) is 121 Å². The molecule has 166 valence electrons. The Morgan fingerprint density at radius 2 is 1.17 bits per heavy atom. The van der Waals surface area contributed by atoms with E-state index < -0.39 is 0 Å². The Balaban J connectivity index is 1.52. The molecule has 0 saturated carbocycles. The number of aromatic hydroxyl groups is 1. The molecule has 0 radical (unpaired) electrons. The van der Waals surface area contributed by atoms with Crippen LogP contribution in [0.3, 0.4) is 0 Å². The molecule has 35 heavy (non-hydrogen) atoms. The standard InChI is InChI=1S/C31H21N3O/c35-29-17-16-25(26-15-8-18-32-30(26)29)23-13-7-14-24(19-23)28-20-27(21-9-3-1-4-10-21)33-31(34-28)22-11-5-2-6-12-22/h1-20,35H. The summed E-state index contributed by atoms with van der Waals surface area (Å²) in [6.07, 6.45) is 1.69. The molecule has 0 amide bonds. The fraction of sp³-hybridized carbons (Fsp3) is 0.